The van der Waals surface area contributed by atoms with Crippen molar-refractivity contribution in [2.24, 2.45) is 0 Å². The molecule has 5 rings (SSSR count). The third kappa shape index (κ3) is 5.84. The summed E-state index contributed by atoms with van der Waals surface area (Å²) in [6, 6.07) is 19.4. The van der Waals surface area contributed by atoms with Crippen LogP contribution in [0.5, 0.6) is 0 Å². The van der Waals surface area contributed by atoms with Gasteiger partial charge in [-0.1, -0.05) is 36.4 Å². The van der Waals surface area contributed by atoms with Crippen LogP contribution in [0, 0.1) is 0 Å². The fourth-order valence-corrected chi connectivity index (χ4v) is 3.90. The maximum Gasteiger partial charge on any atom is 0.229 e. The van der Waals surface area contributed by atoms with Crippen LogP contribution >= 0.6 is 0 Å². The molecule has 0 radical (unpaired) electrons. The van der Waals surface area contributed by atoms with Crippen LogP contribution in [0.3, 0.4) is 0 Å². The lowest BCUT2D eigenvalue weighted by Crippen LogP contribution is -2.41. The number of amides is 2. The molecule has 0 spiro atoms. The molecule has 0 unspecified atom stereocenters. The third-order valence-electron chi connectivity index (χ3n) is 5.80. The molecule has 2 aromatic carbocycles. The Kier molecular flexibility index (Phi) is 6.70. The Morgan fingerprint density at radius 1 is 0.829 bits per heavy atom. The van der Waals surface area contributed by atoms with Gasteiger partial charge in [0, 0.05) is 30.3 Å². The largest absolute Gasteiger partial charge is 0.444 e. The van der Waals surface area contributed by atoms with Crippen molar-refractivity contribution in [1.82, 2.24) is 20.2 Å². The average molecular weight is 471 g/mol. The van der Waals surface area contributed by atoms with Gasteiger partial charge in [0.15, 0.2) is 0 Å². The van der Waals surface area contributed by atoms with Crippen LogP contribution in [-0.4, -0.2) is 45.8 Å². The lowest BCUT2D eigenvalue weighted by atomic mass is 10.2. The van der Waals surface area contributed by atoms with Crippen molar-refractivity contribution in [1.29, 1.82) is 0 Å². The predicted molar refractivity (Wildman–Crippen MR) is 129 cm³/mol. The minimum Gasteiger partial charge on any atom is -0.444 e. The number of carbonyl (C=O) groups is 2. The molecule has 8 nitrogen and oxygen atoms in total. The van der Waals surface area contributed by atoms with Crippen LogP contribution in [0.2, 0.25) is 0 Å². The number of carbonyl (C=O) groups excluding carboxylic acids is 2. The van der Waals surface area contributed by atoms with E-state index >= 15 is 0 Å². The summed E-state index contributed by atoms with van der Waals surface area (Å²) in [6.45, 7) is 0.825. The van der Waals surface area contributed by atoms with E-state index in [0.29, 0.717) is 36.3 Å². The van der Waals surface area contributed by atoms with Gasteiger partial charge in [-0.2, -0.15) is 0 Å². The molecule has 1 aliphatic rings. The maximum absolute atomic E-state index is 13.0. The number of rotatable bonds is 10. The highest BCUT2D eigenvalue weighted by atomic mass is 16.3. The maximum atomic E-state index is 13.0. The number of oxazole rings is 2. The minimum atomic E-state index is -0.162. The highest BCUT2D eigenvalue weighted by molar-refractivity contribution is 5.80. The number of hydrogen-bond acceptors (Lipinski definition) is 6. The number of nitrogens with zero attached hydrogens (tertiary/aromatic N) is 3. The molecule has 35 heavy (non-hydrogen) atoms. The Morgan fingerprint density at radius 2 is 1.37 bits per heavy atom. The molecule has 0 saturated heterocycles. The molecule has 8 heteroatoms. The summed E-state index contributed by atoms with van der Waals surface area (Å²) < 4.78 is 11.0. The van der Waals surface area contributed by atoms with E-state index in [1.807, 2.05) is 65.6 Å². The molecule has 1 N–H and O–H groups in total. The first-order chi connectivity index (χ1) is 17.2. The van der Waals surface area contributed by atoms with Gasteiger partial charge in [0.2, 0.25) is 23.6 Å². The average Bonchev–Trinajstić information content (AvgIpc) is 3.43. The summed E-state index contributed by atoms with van der Waals surface area (Å²) >= 11 is 0. The second-order valence-electron chi connectivity index (χ2n) is 8.54. The quantitative estimate of drug-likeness (QED) is 0.377. The number of hydrogen-bond donors (Lipinski definition) is 1. The molecule has 178 valence electrons. The number of aromatic nitrogens is 2. The van der Waals surface area contributed by atoms with Crippen molar-refractivity contribution in [2.75, 3.05) is 13.1 Å². The van der Waals surface area contributed by atoms with Gasteiger partial charge in [0.25, 0.3) is 0 Å². The normalized spacial score (nSPS) is 12.9. The fraction of sp³-hybridized carbons (Fsp3) is 0.259. The van der Waals surface area contributed by atoms with Crippen LogP contribution in [-0.2, 0) is 22.4 Å². The minimum absolute atomic E-state index is 0.0151. The Balaban J connectivity index is 1.11. The van der Waals surface area contributed by atoms with Crippen molar-refractivity contribution >= 4 is 11.8 Å². The van der Waals surface area contributed by atoms with Crippen molar-refractivity contribution < 1.29 is 18.4 Å². The molecule has 2 heterocycles. The van der Waals surface area contributed by atoms with E-state index in [4.69, 9.17) is 8.83 Å². The molecule has 1 saturated carbocycles. The zero-order chi connectivity index (χ0) is 24.0. The fourth-order valence-electron chi connectivity index (χ4n) is 3.90. The summed E-state index contributed by atoms with van der Waals surface area (Å²) in [7, 11) is 0. The van der Waals surface area contributed by atoms with Crippen LogP contribution in [0.1, 0.15) is 24.2 Å². The first-order valence-corrected chi connectivity index (χ1v) is 11.7. The van der Waals surface area contributed by atoms with Gasteiger partial charge in [0.1, 0.15) is 12.5 Å². The summed E-state index contributed by atoms with van der Waals surface area (Å²) in [4.78, 5) is 36.0. The van der Waals surface area contributed by atoms with Crippen LogP contribution in [0.15, 0.2) is 82.0 Å². The standard InChI is InChI=1S/C27H26N4O4/c32-24(15-21-17-34-26(29-21)19-7-3-1-4-8-19)28-13-14-31(23-11-12-23)25(33)16-22-18-35-27(30-22)20-9-5-2-6-10-20/h1-10,17-18,23H,11-16H2,(H,28,32). The van der Waals surface area contributed by atoms with Gasteiger partial charge in [0.05, 0.1) is 24.2 Å². The Morgan fingerprint density at radius 3 is 1.91 bits per heavy atom. The van der Waals surface area contributed by atoms with E-state index in [0.717, 1.165) is 24.0 Å². The van der Waals surface area contributed by atoms with Gasteiger partial charge >= 0.3 is 0 Å². The van der Waals surface area contributed by atoms with Crippen molar-refractivity contribution in [3.63, 3.8) is 0 Å². The first kappa shape index (κ1) is 22.6. The lowest BCUT2D eigenvalue weighted by Gasteiger charge is -2.22. The highest BCUT2D eigenvalue weighted by Gasteiger charge is 2.32. The van der Waals surface area contributed by atoms with Gasteiger partial charge in [-0.3, -0.25) is 9.59 Å². The summed E-state index contributed by atoms with van der Waals surface area (Å²) in [5.74, 6) is 0.813. The van der Waals surface area contributed by atoms with Gasteiger partial charge in [-0.25, -0.2) is 9.97 Å². The molecule has 1 aliphatic carbocycles. The molecule has 0 aliphatic heterocycles. The highest BCUT2D eigenvalue weighted by Crippen LogP contribution is 2.27. The molecule has 2 aromatic heterocycles. The zero-order valence-electron chi connectivity index (χ0n) is 19.2. The second-order valence-corrected chi connectivity index (χ2v) is 8.54. The topological polar surface area (TPSA) is 101 Å². The Hall–Kier alpha value is -4.20. The summed E-state index contributed by atoms with van der Waals surface area (Å²) in [6.07, 6.45) is 5.29. The van der Waals surface area contributed by atoms with E-state index in [-0.39, 0.29) is 30.7 Å². The zero-order valence-corrected chi connectivity index (χ0v) is 19.2. The monoisotopic (exact) mass is 470 g/mol. The first-order valence-electron chi connectivity index (χ1n) is 11.7. The van der Waals surface area contributed by atoms with Gasteiger partial charge < -0.3 is 19.1 Å². The van der Waals surface area contributed by atoms with Crippen LogP contribution < -0.4 is 5.32 Å². The van der Waals surface area contributed by atoms with Crippen LogP contribution in [0.25, 0.3) is 22.9 Å². The third-order valence-corrected chi connectivity index (χ3v) is 5.80. The molecule has 4 aromatic rings. The molecule has 0 atom stereocenters. The Labute approximate surface area is 203 Å². The van der Waals surface area contributed by atoms with Gasteiger partial charge in [-0.15, -0.1) is 0 Å². The molecule has 1 fully saturated rings. The smallest absolute Gasteiger partial charge is 0.229 e. The van der Waals surface area contributed by atoms with E-state index < -0.39 is 0 Å². The second kappa shape index (κ2) is 10.4. The van der Waals surface area contributed by atoms with E-state index in [2.05, 4.69) is 15.3 Å². The molecule has 2 amide bonds. The van der Waals surface area contributed by atoms with E-state index in [1.165, 1.54) is 12.5 Å². The van der Waals surface area contributed by atoms with Gasteiger partial charge in [-0.05, 0) is 37.1 Å². The number of benzene rings is 2. The number of nitrogens with one attached hydrogen (secondary N) is 1. The van der Waals surface area contributed by atoms with E-state index in [9.17, 15) is 9.59 Å². The summed E-state index contributed by atoms with van der Waals surface area (Å²) in [5.41, 5.74) is 2.90. The van der Waals surface area contributed by atoms with Crippen molar-refractivity contribution in [3.8, 4) is 22.9 Å². The lowest BCUT2D eigenvalue weighted by molar-refractivity contribution is -0.131. The van der Waals surface area contributed by atoms with E-state index in [1.54, 1.807) is 0 Å². The Bertz CT molecular complexity index is 1280. The SMILES string of the molecule is O=C(Cc1coc(-c2ccccc2)n1)NCCN(C(=O)Cc1coc(-c2ccccc2)n1)C1CC1. The van der Waals surface area contributed by atoms with Crippen molar-refractivity contribution in [2.45, 2.75) is 31.7 Å². The molecule has 0 bridgehead atoms. The summed E-state index contributed by atoms with van der Waals surface area (Å²) in [5, 5.41) is 2.89. The molecular weight excluding hydrogens is 444 g/mol. The molecular formula is C27H26N4O4. The predicted octanol–water partition coefficient (Wildman–Crippen LogP) is 3.89. The van der Waals surface area contributed by atoms with Crippen molar-refractivity contribution in [3.05, 3.63) is 84.6 Å². The van der Waals surface area contributed by atoms with Crippen LogP contribution in [0.4, 0.5) is 0 Å².